The molecule has 100 valence electrons. The molecule has 0 aliphatic carbocycles. The van der Waals surface area contributed by atoms with Crippen molar-refractivity contribution in [2.24, 2.45) is 0 Å². The lowest BCUT2D eigenvalue weighted by Crippen LogP contribution is -2.32. The van der Waals surface area contributed by atoms with Crippen molar-refractivity contribution < 1.29 is 13.2 Å². The first-order valence-corrected chi connectivity index (χ1v) is 7.30. The van der Waals surface area contributed by atoms with Crippen LogP contribution in [0.4, 0.5) is 18.9 Å². The molecular formula is C12H13ClF3NS. The molecule has 6 heteroatoms. The molecule has 0 unspecified atom stereocenters. The normalized spacial score (nSPS) is 17.0. The van der Waals surface area contributed by atoms with Crippen LogP contribution in [0.3, 0.4) is 0 Å². The van der Waals surface area contributed by atoms with Crippen molar-refractivity contribution in [2.75, 3.05) is 29.5 Å². The molecule has 2 rings (SSSR count). The van der Waals surface area contributed by atoms with E-state index in [1.54, 1.807) is 6.07 Å². The summed E-state index contributed by atoms with van der Waals surface area (Å²) in [6.45, 7) is 1.59. The van der Waals surface area contributed by atoms with Gasteiger partial charge in [-0.05, 0) is 17.7 Å². The first-order chi connectivity index (χ1) is 8.52. The molecule has 1 heterocycles. The minimum atomic E-state index is -4.34. The number of hydrogen-bond donors (Lipinski definition) is 0. The Morgan fingerprint density at radius 1 is 1.22 bits per heavy atom. The van der Waals surface area contributed by atoms with Gasteiger partial charge < -0.3 is 4.90 Å². The van der Waals surface area contributed by atoms with Crippen molar-refractivity contribution in [3.05, 3.63) is 29.3 Å². The molecule has 0 saturated carbocycles. The third-order valence-corrected chi connectivity index (χ3v) is 4.15. The highest BCUT2D eigenvalue weighted by atomic mass is 35.5. The fraction of sp³-hybridized carbons (Fsp3) is 0.500. The monoisotopic (exact) mass is 295 g/mol. The molecule has 1 fully saturated rings. The molecule has 0 aromatic heterocycles. The number of benzene rings is 1. The lowest BCUT2D eigenvalue weighted by molar-refractivity contribution is -0.138. The van der Waals surface area contributed by atoms with Crippen LogP contribution < -0.4 is 4.90 Å². The van der Waals surface area contributed by atoms with Crippen molar-refractivity contribution in [2.45, 2.75) is 12.1 Å². The highest BCUT2D eigenvalue weighted by molar-refractivity contribution is 7.99. The highest BCUT2D eigenvalue weighted by Gasteiger charge is 2.33. The Morgan fingerprint density at radius 2 is 1.89 bits per heavy atom. The second-order valence-electron chi connectivity index (χ2n) is 4.07. The van der Waals surface area contributed by atoms with Crippen LogP contribution in [0.15, 0.2) is 18.2 Å². The van der Waals surface area contributed by atoms with E-state index in [2.05, 4.69) is 0 Å². The van der Waals surface area contributed by atoms with Gasteiger partial charge in [-0.25, -0.2) is 0 Å². The van der Waals surface area contributed by atoms with E-state index in [9.17, 15) is 13.2 Å². The van der Waals surface area contributed by atoms with Crippen LogP contribution in [0.25, 0.3) is 0 Å². The van der Waals surface area contributed by atoms with Gasteiger partial charge in [0.15, 0.2) is 0 Å². The van der Waals surface area contributed by atoms with Gasteiger partial charge in [0.1, 0.15) is 0 Å². The van der Waals surface area contributed by atoms with E-state index in [-0.39, 0.29) is 11.4 Å². The minimum Gasteiger partial charge on any atom is -0.370 e. The molecule has 1 aliphatic rings. The number of hydrogen-bond acceptors (Lipinski definition) is 2. The summed E-state index contributed by atoms with van der Waals surface area (Å²) >= 11 is 7.39. The number of thioether (sulfide) groups is 1. The van der Waals surface area contributed by atoms with E-state index < -0.39 is 11.7 Å². The van der Waals surface area contributed by atoms with Crippen LogP contribution in [0.5, 0.6) is 0 Å². The van der Waals surface area contributed by atoms with Crippen molar-refractivity contribution in [1.82, 2.24) is 0 Å². The summed E-state index contributed by atoms with van der Waals surface area (Å²) < 4.78 is 38.7. The van der Waals surface area contributed by atoms with Gasteiger partial charge in [0, 0.05) is 36.2 Å². The quantitative estimate of drug-likeness (QED) is 0.759. The van der Waals surface area contributed by atoms with Crippen molar-refractivity contribution >= 4 is 29.1 Å². The Hall–Kier alpha value is -0.550. The summed E-state index contributed by atoms with van der Waals surface area (Å²) in [5.74, 6) is 1.79. The van der Waals surface area contributed by atoms with Crippen molar-refractivity contribution in [1.29, 1.82) is 0 Å². The Morgan fingerprint density at radius 3 is 2.44 bits per heavy atom. The van der Waals surface area contributed by atoms with Crippen LogP contribution >= 0.6 is 23.4 Å². The topological polar surface area (TPSA) is 3.24 Å². The average molecular weight is 296 g/mol. The zero-order valence-electron chi connectivity index (χ0n) is 9.63. The Labute approximate surface area is 113 Å². The third kappa shape index (κ3) is 3.06. The molecule has 1 aliphatic heterocycles. The Balaban J connectivity index is 2.33. The number of anilines is 1. The summed E-state index contributed by atoms with van der Waals surface area (Å²) in [6, 6.07) is 4.42. The summed E-state index contributed by atoms with van der Waals surface area (Å²) in [6.07, 6.45) is -4.34. The number of rotatable bonds is 2. The Bertz CT molecular complexity index is 416. The summed E-state index contributed by atoms with van der Waals surface area (Å²) in [4.78, 5) is 1.99. The molecule has 1 nitrogen and oxygen atoms in total. The van der Waals surface area contributed by atoms with Crippen LogP contribution in [0.2, 0.25) is 0 Å². The fourth-order valence-corrected chi connectivity index (χ4v) is 3.10. The van der Waals surface area contributed by atoms with Gasteiger partial charge in [0.25, 0.3) is 0 Å². The number of halogens is 4. The van der Waals surface area contributed by atoms with Gasteiger partial charge in [-0.1, -0.05) is 6.07 Å². The van der Waals surface area contributed by atoms with Gasteiger partial charge in [0.2, 0.25) is 0 Å². The first kappa shape index (κ1) is 13.9. The standard InChI is InChI=1S/C12H13ClF3NS/c13-8-9-1-2-10(7-11(9)12(14,15)16)17-3-5-18-6-4-17/h1-2,7H,3-6,8H2. The van der Waals surface area contributed by atoms with Gasteiger partial charge >= 0.3 is 6.18 Å². The molecule has 0 atom stereocenters. The molecule has 1 saturated heterocycles. The van der Waals surface area contributed by atoms with Gasteiger partial charge in [-0.2, -0.15) is 24.9 Å². The molecule has 0 N–H and O–H groups in total. The molecule has 0 amide bonds. The van der Waals surface area contributed by atoms with E-state index in [1.165, 1.54) is 12.1 Å². The molecular weight excluding hydrogens is 283 g/mol. The highest BCUT2D eigenvalue weighted by Crippen LogP contribution is 2.35. The van der Waals surface area contributed by atoms with Crippen LogP contribution in [-0.4, -0.2) is 24.6 Å². The lowest BCUT2D eigenvalue weighted by atomic mass is 10.1. The van der Waals surface area contributed by atoms with Crippen LogP contribution in [-0.2, 0) is 12.1 Å². The van der Waals surface area contributed by atoms with Crippen molar-refractivity contribution in [3.8, 4) is 0 Å². The van der Waals surface area contributed by atoms with Crippen LogP contribution in [0.1, 0.15) is 11.1 Å². The summed E-state index contributed by atoms with van der Waals surface area (Å²) in [5.41, 5.74) is 0.156. The maximum atomic E-state index is 12.9. The van der Waals surface area contributed by atoms with E-state index in [0.29, 0.717) is 5.69 Å². The van der Waals surface area contributed by atoms with Crippen molar-refractivity contribution in [3.63, 3.8) is 0 Å². The first-order valence-electron chi connectivity index (χ1n) is 5.61. The lowest BCUT2D eigenvalue weighted by Gasteiger charge is -2.29. The second-order valence-corrected chi connectivity index (χ2v) is 5.56. The molecule has 1 aromatic carbocycles. The molecule has 0 spiro atoms. The van der Waals surface area contributed by atoms with Gasteiger partial charge in [0.05, 0.1) is 5.56 Å². The maximum Gasteiger partial charge on any atom is 0.416 e. The fourth-order valence-electron chi connectivity index (χ4n) is 1.96. The maximum absolute atomic E-state index is 12.9. The van der Waals surface area contributed by atoms with E-state index >= 15 is 0 Å². The Kier molecular flexibility index (Phi) is 4.33. The SMILES string of the molecule is FC(F)(F)c1cc(N2CCSCC2)ccc1CCl. The molecule has 0 bridgehead atoms. The average Bonchev–Trinajstić information content (AvgIpc) is 2.38. The smallest absolute Gasteiger partial charge is 0.370 e. The zero-order chi connectivity index (χ0) is 13.2. The predicted molar refractivity (Wildman–Crippen MR) is 70.5 cm³/mol. The van der Waals surface area contributed by atoms with Gasteiger partial charge in [-0.3, -0.25) is 0 Å². The molecule has 1 aromatic rings. The summed E-state index contributed by atoms with van der Waals surface area (Å²) in [5, 5.41) is 0. The molecule has 18 heavy (non-hydrogen) atoms. The molecule has 0 radical (unpaired) electrons. The summed E-state index contributed by atoms with van der Waals surface area (Å²) in [7, 11) is 0. The second kappa shape index (κ2) is 5.61. The number of alkyl halides is 4. The van der Waals surface area contributed by atoms with Gasteiger partial charge in [-0.15, -0.1) is 11.6 Å². The number of nitrogens with zero attached hydrogens (tertiary/aromatic N) is 1. The van der Waals surface area contributed by atoms with E-state index in [1.807, 2.05) is 16.7 Å². The van der Waals surface area contributed by atoms with E-state index in [4.69, 9.17) is 11.6 Å². The zero-order valence-corrected chi connectivity index (χ0v) is 11.2. The third-order valence-electron chi connectivity index (χ3n) is 2.92. The largest absolute Gasteiger partial charge is 0.416 e. The minimum absolute atomic E-state index is 0.120. The van der Waals surface area contributed by atoms with Crippen LogP contribution in [0, 0.1) is 0 Å². The van der Waals surface area contributed by atoms with E-state index in [0.717, 1.165) is 24.6 Å². The predicted octanol–water partition coefficient (Wildman–Crippen LogP) is 4.00.